The fraction of sp³-hybridized carbons (Fsp3) is 0.400. The molecule has 0 aliphatic heterocycles. The first-order valence-electron chi connectivity index (χ1n) is 3.85. The van der Waals surface area contributed by atoms with Crippen LogP contribution in [0.3, 0.4) is 0 Å². The van der Waals surface area contributed by atoms with E-state index in [0.717, 1.165) is 0 Å². The zero-order chi connectivity index (χ0) is 8.10. The molecular weight excluding hydrogens is 240 g/mol. The topological polar surface area (TPSA) is 9.23 Å². The fourth-order valence-electron chi connectivity index (χ4n) is 0.783. The van der Waals surface area contributed by atoms with E-state index >= 15 is 0 Å². The van der Waals surface area contributed by atoms with Gasteiger partial charge in [0.25, 0.3) is 0 Å². The maximum absolute atomic E-state index is 5.41. The van der Waals surface area contributed by atoms with E-state index in [-0.39, 0.29) is 40.0 Å². The Morgan fingerprint density at radius 1 is 1.46 bits per heavy atom. The maximum Gasteiger partial charge on any atom is 2.00 e. The largest absolute Gasteiger partial charge is 2.00 e. The number of benzene rings is 1. The molecule has 3 heteroatoms. The molecule has 0 N–H and O–H groups in total. The minimum atomic E-state index is 0. The monoisotopic (exact) mass is 252 g/mol. The molecule has 0 fully saturated rings. The third-order valence-corrected chi connectivity index (χ3v) is 1.35. The van der Waals surface area contributed by atoms with E-state index < -0.39 is 0 Å². The first-order chi connectivity index (χ1) is 5.29. The van der Waals surface area contributed by atoms with E-state index in [9.17, 15) is 0 Å². The number of rotatable bonds is 3. The average Bonchev–Trinajstić information content (AvgIpc) is 2.03. The molecule has 0 bridgehead atoms. The van der Waals surface area contributed by atoms with Crippen molar-refractivity contribution in [2.24, 2.45) is 0 Å². The van der Waals surface area contributed by atoms with Gasteiger partial charge in [-0.2, -0.15) is 30.3 Å². The van der Waals surface area contributed by atoms with Crippen LogP contribution in [0, 0.1) is 6.07 Å². The van der Waals surface area contributed by atoms with Gasteiger partial charge in [-0.1, -0.05) is 0 Å². The molecule has 68 valence electrons. The smallest absolute Gasteiger partial charge is 1.00 e. The predicted molar refractivity (Wildman–Crippen MR) is 51.0 cm³/mol. The van der Waals surface area contributed by atoms with Gasteiger partial charge in [-0.15, -0.1) is 5.56 Å². The van der Waals surface area contributed by atoms with Crippen LogP contribution in [0.4, 0.5) is 0 Å². The van der Waals surface area contributed by atoms with Crippen LogP contribution in [0.25, 0.3) is 0 Å². The summed E-state index contributed by atoms with van der Waals surface area (Å²) in [5, 5.41) is 0. The zero-order valence-electron chi connectivity index (χ0n) is 8.09. The van der Waals surface area contributed by atoms with Crippen molar-refractivity contribution in [3.8, 4) is 0 Å². The van der Waals surface area contributed by atoms with E-state index in [2.05, 4.69) is 6.07 Å². The Morgan fingerprint density at radius 2 is 2.15 bits per heavy atom. The molecule has 0 saturated heterocycles. The molecule has 0 heterocycles. The van der Waals surface area contributed by atoms with Crippen molar-refractivity contribution in [2.75, 3.05) is 0 Å². The second-order valence-corrected chi connectivity index (χ2v) is 2.77. The Kier molecular flexibility index (Phi) is 11.0. The number of hydrogen-bond donors (Lipinski definition) is 0. The summed E-state index contributed by atoms with van der Waals surface area (Å²) in [7, 11) is 0. The van der Waals surface area contributed by atoms with Gasteiger partial charge in [-0.25, -0.2) is 0 Å². The van der Waals surface area contributed by atoms with Gasteiger partial charge in [0, 0.05) is 6.61 Å². The van der Waals surface area contributed by atoms with Crippen molar-refractivity contribution in [1.82, 2.24) is 0 Å². The molecule has 1 aromatic rings. The summed E-state index contributed by atoms with van der Waals surface area (Å²) < 4.78 is 5.41. The normalized spacial score (nSPS) is 8.85. The molecule has 0 saturated carbocycles. The molecule has 0 aliphatic rings. The van der Waals surface area contributed by atoms with Gasteiger partial charge in [-0.05, 0) is 13.8 Å². The molecule has 1 rings (SSSR count). The van der Waals surface area contributed by atoms with Crippen molar-refractivity contribution >= 4 is 23.1 Å². The van der Waals surface area contributed by atoms with Gasteiger partial charge in [0.1, 0.15) is 0 Å². The Morgan fingerprint density at radius 3 is 2.62 bits per heavy atom. The van der Waals surface area contributed by atoms with Crippen molar-refractivity contribution < 1.29 is 21.7 Å². The summed E-state index contributed by atoms with van der Waals surface area (Å²) >= 11 is 0. The minimum absolute atomic E-state index is 0. The third-order valence-electron chi connectivity index (χ3n) is 1.35. The fourth-order valence-corrected chi connectivity index (χ4v) is 0.783. The Balaban J connectivity index is 0. The summed E-state index contributed by atoms with van der Waals surface area (Å²) in [6, 6.07) is 10.9. The van der Waals surface area contributed by atoms with Gasteiger partial charge in [0.2, 0.25) is 0 Å². The van der Waals surface area contributed by atoms with E-state index in [1.54, 1.807) is 0 Å². The van der Waals surface area contributed by atoms with Gasteiger partial charge in [-0.3, -0.25) is 0 Å². The quantitative estimate of drug-likeness (QED) is 0.498. The molecule has 13 heavy (non-hydrogen) atoms. The van der Waals surface area contributed by atoms with Crippen molar-refractivity contribution in [3.63, 3.8) is 0 Å². The third kappa shape index (κ3) is 7.49. The summed E-state index contributed by atoms with van der Waals surface area (Å²) in [4.78, 5) is 0. The van der Waals surface area contributed by atoms with Crippen molar-refractivity contribution in [1.29, 1.82) is 0 Å². The summed E-state index contributed by atoms with van der Waals surface area (Å²) in [5.74, 6) is 0. The molecule has 0 aliphatic carbocycles. The van der Waals surface area contributed by atoms with Crippen LogP contribution in [-0.2, 0) is 11.3 Å². The Hall–Kier alpha value is 0.426. The van der Waals surface area contributed by atoms with Crippen LogP contribution >= 0.6 is 0 Å². The van der Waals surface area contributed by atoms with E-state index in [4.69, 9.17) is 4.74 Å². The van der Waals surface area contributed by atoms with Gasteiger partial charge < -0.3 is 21.7 Å². The van der Waals surface area contributed by atoms with Crippen LogP contribution in [-0.4, -0.2) is 29.2 Å². The summed E-state index contributed by atoms with van der Waals surface area (Å²) in [6.45, 7) is 4.76. The SMILES string of the molecule is CC(C)OCc1c[c-]ccc1.[Br-].[Mg+2]. The molecule has 0 radical (unpaired) electrons. The molecule has 0 aromatic heterocycles. The minimum Gasteiger partial charge on any atom is -1.00 e. The first kappa shape index (κ1) is 15.9. The summed E-state index contributed by atoms with van der Waals surface area (Å²) in [6.07, 6.45) is 0.301. The first-order valence-corrected chi connectivity index (χ1v) is 3.85. The standard InChI is InChI=1S/C10H13O.BrH.Mg/c1-9(2)11-8-10-6-4-3-5-7-10;;/h3-4,6-7,9H,8H2,1-2H3;1H;/q-1;;+2/p-1. The van der Waals surface area contributed by atoms with Crippen LogP contribution in [0.15, 0.2) is 24.3 Å². The Bertz CT molecular complexity index is 201. The van der Waals surface area contributed by atoms with Crippen molar-refractivity contribution in [3.05, 3.63) is 35.9 Å². The van der Waals surface area contributed by atoms with Gasteiger partial charge in [0.05, 0.1) is 6.10 Å². The second-order valence-electron chi connectivity index (χ2n) is 2.77. The molecule has 1 aromatic carbocycles. The second kappa shape index (κ2) is 9.00. The zero-order valence-corrected chi connectivity index (χ0v) is 11.1. The van der Waals surface area contributed by atoms with Gasteiger partial charge in [0.15, 0.2) is 0 Å². The number of halogens is 1. The summed E-state index contributed by atoms with van der Waals surface area (Å²) in [5.41, 5.74) is 1.18. The average molecular weight is 253 g/mol. The van der Waals surface area contributed by atoms with Crippen LogP contribution in [0.2, 0.25) is 0 Å². The maximum atomic E-state index is 5.41. The molecule has 1 nitrogen and oxygen atoms in total. The van der Waals surface area contributed by atoms with E-state index in [1.165, 1.54) is 5.56 Å². The molecule has 0 unspecified atom stereocenters. The number of ether oxygens (including phenoxy) is 1. The molecule has 0 amide bonds. The number of hydrogen-bond acceptors (Lipinski definition) is 1. The Labute approximate surface area is 107 Å². The van der Waals surface area contributed by atoms with E-state index in [1.807, 2.05) is 38.1 Å². The molecule has 0 atom stereocenters. The van der Waals surface area contributed by atoms with E-state index in [0.29, 0.717) is 12.7 Å². The molecular formula is C10H13BrMgO. The van der Waals surface area contributed by atoms with Crippen LogP contribution in [0.5, 0.6) is 0 Å². The predicted octanol–water partition coefficient (Wildman–Crippen LogP) is -0.965. The van der Waals surface area contributed by atoms with Crippen LogP contribution in [0.1, 0.15) is 19.4 Å². The van der Waals surface area contributed by atoms with Crippen LogP contribution < -0.4 is 17.0 Å². The van der Waals surface area contributed by atoms with Gasteiger partial charge >= 0.3 is 23.1 Å². The van der Waals surface area contributed by atoms with Crippen molar-refractivity contribution in [2.45, 2.75) is 26.6 Å². The molecule has 0 spiro atoms.